The molecule has 176 valence electrons. The van der Waals surface area contributed by atoms with Crippen LogP contribution in [0.25, 0.3) is 11.0 Å². The number of esters is 1. The second-order valence-corrected chi connectivity index (χ2v) is 7.62. The number of aromatic nitrogens is 2. The number of methoxy groups -OCH3 is 1. The predicted octanol–water partition coefficient (Wildman–Crippen LogP) is 5.45. The molecule has 0 amide bonds. The number of H-pyrrole nitrogens is 1. The standard InChI is InChI=1S/C27H28N2O5/c1-4-32-22-14-15-23-24(16-22)29-26(28-23)25(33-5-2)19-10-12-21(13-11-19)34-17-18-6-8-20(9-7-18)27(30)31-3/h6-16,25H,4-5,17H2,1-3H3,(H,28,29). The Bertz CT molecular complexity index is 1230. The lowest BCUT2D eigenvalue weighted by molar-refractivity contribution is 0.0600. The number of nitrogens with zero attached hydrogens (tertiary/aromatic N) is 1. The molecule has 4 rings (SSSR count). The molecule has 7 heteroatoms. The smallest absolute Gasteiger partial charge is 0.337 e. The van der Waals surface area contributed by atoms with Crippen molar-refractivity contribution in [1.29, 1.82) is 0 Å². The molecule has 0 radical (unpaired) electrons. The van der Waals surface area contributed by atoms with Crippen LogP contribution >= 0.6 is 0 Å². The van der Waals surface area contributed by atoms with Crippen molar-refractivity contribution < 1.29 is 23.7 Å². The molecule has 4 aromatic rings. The van der Waals surface area contributed by atoms with E-state index in [2.05, 4.69) is 4.98 Å². The van der Waals surface area contributed by atoms with Crippen molar-refractivity contribution in [1.82, 2.24) is 9.97 Å². The van der Waals surface area contributed by atoms with Crippen LogP contribution in [0.2, 0.25) is 0 Å². The van der Waals surface area contributed by atoms with Crippen LogP contribution in [-0.2, 0) is 16.1 Å². The Hall–Kier alpha value is -3.84. The largest absolute Gasteiger partial charge is 0.494 e. The fourth-order valence-corrected chi connectivity index (χ4v) is 3.65. The van der Waals surface area contributed by atoms with E-state index in [0.29, 0.717) is 25.4 Å². The second kappa shape index (κ2) is 10.9. The van der Waals surface area contributed by atoms with E-state index in [0.717, 1.165) is 39.5 Å². The van der Waals surface area contributed by atoms with Crippen LogP contribution in [-0.4, -0.2) is 36.3 Å². The number of fused-ring (bicyclic) bond motifs is 1. The predicted molar refractivity (Wildman–Crippen MR) is 129 cm³/mol. The van der Waals surface area contributed by atoms with Gasteiger partial charge < -0.3 is 23.9 Å². The first-order valence-electron chi connectivity index (χ1n) is 11.2. The summed E-state index contributed by atoms with van der Waals surface area (Å²) in [5.41, 5.74) is 4.21. The Kier molecular flexibility index (Phi) is 7.44. The van der Waals surface area contributed by atoms with Gasteiger partial charge in [-0.05, 0) is 61.4 Å². The molecule has 1 N–H and O–H groups in total. The topological polar surface area (TPSA) is 82.7 Å². The average molecular weight is 461 g/mol. The van der Waals surface area contributed by atoms with Gasteiger partial charge in [0, 0.05) is 12.7 Å². The molecule has 1 unspecified atom stereocenters. The van der Waals surface area contributed by atoms with Crippen LogP contribution in [0.3, 0.4) is 0 Å². The Balaban J connectivity index is 1.46. The molecule has 3 aromatic carbocycles. The zero-order valence-corrected chi connectivity index (χ0v) is 19.5. The summed E-state index contributed by atoms with van der Waals surface area (Å²) in [6.07, 6.45) is -0.326. The Morgan fingerprint density at radius 1 is 0.912 bits per heavy atom. The minimum atomic E-state index is -0.355. The molecule has 7 nitrogen and oxygen atoms in total. The van der Waals surface area contributed by atoms with Crippen molar-refractivity contribution in [3.63, 3.8) is 0 Å². The molecule has 1 heterocycles. The number of hydrogen-bond acceptors (Lipinski definition) is 6. The average Bonchev–Trinajstić information content (AvgIpc) is 3.29. The normalized spacial score (nSPS) is 11.9. The molecule has 0 bridgehead atoms. The van der Waals surface area contributed by atoms with Crippen LogP contribution in [0, 0.1) is 0 Å². The number of carbonyl (C=O) groups excluding carboxylic acids is 1. The highest BCUT2D eigenvalue weighted by atomic mass is 16.5. The molecule has 34 heavy (non-hydrogen) atoms. The third-order valence-corrected chi connectivity index (χ3v) is 5.33. The third kappa shape index (κ3) is 5.38. The molecular weight excluding hydrogens is 432 g/mol. The lowest BCUT2D eigenvalue weighted by Gasteiger charge is -2.16. The van der Waals surface area contributed by atoms with Gasteiger partial charge in [-0.25, -0.2) is 9.78 Å². The van der Waals surface area contributed by atoms with E-state index in [4.69, 9.17) is 23.9 Å². The highest BCUT2D eigenvalue weighted by Crippen LogP contribution is 2.29. The van der Waals surface area contributed by atoms with E-state index >= 15 is 0 Å². The molecular formula is C27H28N2O5. The van der Waals surface area contributed by atoms with Gasteiger partial charge in [0.25, 0.3) is 0 Å². The first-order valence-corrected chi connectivity index (χ1v) is 11.2. The lowest BCUT2D eigenvalue weighted by atomic mass is 10.1. The number of ether oxygens (including phenoxy) is 4. The minimum absolute atomic E-state index is 0.326. The van der Waals surface area contributed by atoms with Crippen molar-refractivity contribution in [3.8, 4) is 11.5 Å². The number of hydrogen-bond donors (Lipinski definition) is 1. The zero-order chi connectivity index (χ0) is 23.9. The van der Waals surface area contributed by atoms with E-state index in [-0.39, 0.29) is 12.1 Å². The SMILES string of the molecule is CCOc1ccc2nc(C(OCC)c3ccc(OCc4ccc(C(=O)OC)cc4)cc3)[nH]c2c1. The number of carbonyl (C=O) groups is 1. The second-order valence-electron chi connectivity index (χ2n) is 7.62. The summed E-state index contributed by atoms with van der Waals surface area (Å²) in [6, 6.07) is 20.8. The van der Waals surface area contributed by atoms with Crippen molar-refractivity contribution in [2.75, 3.05) is 20.3 Å². The zero-order valence-electron chi connectivity index (χ0n) is 19.5. The van der Waals surface area contributed by atoms with Gasteiger partial charge in [0.05, 0.1) is 30.3 Å². The fraction of sp³-hybridized carbons (Fsp3) is 0.259. The highest BCUT2D eigenvalue weighted by molar-refractivity contribution is 5.89. The highest BCUT2D eigenvalue weighted by Gasteiger charge is 2.19. The molecule has 0 aliphatic carbocycles. The maximum absolute atomic E-state index is 11.6. The summed E-state index contributed by atoms with van der Waals surface area (Å²) in [6.45, 7) is 5.47. The third-order valence-electron chi connectivity index (χ3n) is 5.33. The Morgan fingerprint density at radius 3 is 2.32 bits per heavy atom. The lowest BCUT2D eigenvalue weighted by Crippen LogP contribution is -2.08. The van der Waals surface area contributed by atoms with Gasteiger partial charge in [-0.1, -0.05) is 24.3 Å². The summed E-state index contributed by atoms with van der Waals surface area (Å²) in [5.74, 6) is 1.93. The van der Waals surface area contributed by atoms with Crippen molar-refractivity contribution in [2.24, 2.45) is 0 Å². The van der Waals surface area contributed by atoms with Crippen LogP contribution in [0.4, 0.5) is 0 Å². The molecule has 0 fully saturated rings. The molecule has 0 saturated heterocycles. The van der Waals surface area contributed by atoms with Gasteiger partial charge >= 0.3 is 5.97 Å². The molecule has 0 saturated carbocycles. The summed E-state index contributed by atoms with van der Waals surface area (Å²) in [5, 5.41) is 0. The van der Waals surface area contributed by atoms with Crippen LogP contribution in [0.1, 0.15) is 47.3 Å². The van der Waals surface area contributed by atoms with E-state index in [1.54, 1.807) is 12.1 Å². The molecule has 0 aliphatic rings. The monoisotopic (exact) mass is 460 g/mol. The first kappa shape index (κ1) is 23.3. The van der Waals surface area contributed by atoms with Gasteiger partial charge in [0.15, 0.2) is 0 Å². The van der Waals surface area contributed by atoms with E-state index in [9.17, 15) is 4.79 Å². The van der Waals surface area contributed by atoms with Gasteiger partial charge in [-0.2, -0.15) is 0 Å². The van der Waals surface area contributed by atoms with E-state index in [1.165, 1.54) is 7.11 Å². The summed E-state index contributed by atoms with van der Waals surface area (Å²) in [7, 11) is 1.37. The van der Waals surface area contributed by atoms with Crippen LogP contribution in [0.15, 0.2) is 66.7 Å². The Labute approximate surface area is 198 Å². The van der Waals surface area contributed by atoms with Crippen molar-refractivity contribution >= 4 is 17.0 Å². The quantitative estimate of drug-likeness (QED) is 0.317. The Morgan fingerprint density at radius 2 is 1.65 bits per heavy atom. The van der Waals surface area contributed by atoms with Gasteiger partial charge in [0.2, 0.25) is 0 Å². The van der Waals surface area contributed by atoms with Crippen LogP contribution < -0.4 is 9.47 Å². The number of benzene rings is 3. The van der Waals surface area contributed by atoms with Gasteiger partial charge in [-0.3, -0.25) is 0 Å². The maximum Gasteiger partial charge on any atom is 0.337 e. The van der Waals surface area contributed by atoms with E-state index < -0.39 is 0 Å². The summed E-state index contributed by atoms with van der Waals surface area (Å²) < 4.78 is 22.3. The molecule has 1 atom stereocenters. The number of imidazole rings is 1. The summed E-state index contributed by atoms with van der Waals surface area (Å²) >= 11 is 0. The van der Waals surface area contributed by atoms with Gasteiger partial charge in [-0.15, -0.1) is 0 Å². The number of aromatic amines is 1. The van der Waals surface area contributed by atoms with Crippen LogP contribution in [0.5, 0.6) is 11.5 Å². The number of rotatable bonds is 10. The number of nitrogens with one attached hydrogen (secondary N) is 1. The van der Waals surface area contributed by atoms with Crippen molar-refractivity contribution in [3.05, 3.63) is 89.2 Å². The minimum Gasteiger partial charge on any atom is -0.494 e. The molecule has 0 aliphatic heterocycles. The summed E-state index contributed by atoms with van der Waals surface area (Å²) in [4.78, 5) is 19.7. The molecule has 1 aromatic heterocycles. The first-order chi connectivity index (χ1) is 16.6. The molecule has 0 spiro atoms. The van der Waals surface area contributed by atoms with Crippen molar-refractivity contribution in [2.45, 2.75) is 26.6 Å². The maximum atomic E-state index is 11.6. The van der Waals surface area contributed by atoms with Gasteiger partial charge in [0.1, 0.15) is 30.0 Å². The van der Waals surface area contributed by atoms with E-state index in [1.807, 2.05) is 68.4 Å². The fourth-order valence-electron chi connectivity index (χ4n) is 3.65.